The lowest BCUT2D eigenvalue weighted by Gasteiger charge is -2.27. The fraction of sp³-hybridized carbons (Fsp3) is 0.600. The van der Waals surface area contributed by atoms with Crippen LogP contribution in [0.25, 0.3) is 0 Å². The van der Waals surface area contributed by atoms with Gasteiger partial charge in [-0.05, 0) is 35.6 Å². The Labute approximate surface area is 123 Å². The van der Waals surface area contributed by atoms with E-state index in [2.05, 4.69) is 37.7 Å². The molecule has 0 aliphatic rings. The van der Waals surface area contributed by atoms with Crippen LogP contribution in [0.1, 0.15) is 34.6 Å². The third-order valence-corrected chi connectivity index (χ3v) is 5.15. The van der Waals surface area contributed by atoms with Crippen molar-refractivity contribution in [1.82, 2.24) is 4.72 Å². The van der Waals surface area contributed by atoms with Gasteiger partial charge in [0.15, 0.2) is 0 Å². The lowest BCUT2D eigenvalue weighted by Crippen LogP contribution is -2.25. The second-order valence-corrected chi connectivity index (χ2v) is 7.94. The SMILES string of the molecule is CCNS(=O)(=O)c1ccc(NCC(C)C(C)(C)C)cc1. The zero-order valence-corrected chi connectivity index (χ0v) is 13.8. The normalized spacial score (nSPS) is 14.1. The third-order valence-electron chi connectivity index (χ3n) is 3.59. The molecule has 1 rings (SSSR count). The minimum absolute atomic E-state index is 0.251. The quantitative estimate of drug-likeness (QED) is 0.848. The van der Waals surface area contributed by atoms with Crippen molar-refractivity contribution in [3.05, 3.63) is 24.3 Å². The Bertz CT molecular complexity index is 516. The van der Waals surface area contributed by atoms with Crippen molar-refractivity contribution in [3.63, 3.8) is 0 Å². The van der Waals surface area contributed by atoms with Crippen LogP contribution in [0.2, 0.25) is 0 Å². The number of sulfonamides is 1. The Morgan fingerprint density at radius 3 is 2.15 bits per heavy atom. The molecular weight excluding hydrogens is 272 g/mol. The van der Waals surface area contributed by atoms with E-state index >= 15 is 0 Å². The van der Waals surface area contributed by atoms with E-state index in [9.17, 15) is 8.42 Å². The Hall–Kier alpha value is -1.07. The summed E-state index contributed by atoms with van der Waals surface area (Å²) in [6.45, 7) is 11.9. The van der Waals surface area contributed by atoms with Gasteiger partial charge in [-0.3, -0.25) is 0 Å². The van der Waals surface area contributed by atoms with E-state index in [4.69, 9.17) is 0 Å². The Kier molecular flexibility index (Phi) is 5.59. The average molecular weight is 298 g/mol. The Morgan fingerprint density at radius 1 is 1.15 bits per heavy atom. The molecule has 1 aromatic rings. The van der Waals surface area contributed by atoms with E-state index in [0.717, 1.165) is 12.2 Å². The standard InChI is InChI=1S/C15H26N2O2S/c1-6-17-20(18,19)14-9-7-13(8-10-14)16-11-12(2)15(3,4)5/h7-10,12,16-17H,6,11H2,1-5H3. The van der Waals surface area contributed by atoms with Crippen molar-refractivity contribution >= 4 is 15.7 Å². The first-order valence-corrected chi connectivity index (χ1v) is 8.48. The number of hydrogen-bond donors (Lipinski definition) is 2. The molecular formula is C15H26N2O2S. The summed E-state index contributed by atoms with van der Waals surface area (Å²) in [6, 6.07) is 6.86. The molecule has 1 atom stereocenters. The summed E-state index contributed by atoms with van der Waals surface area (Å²) in [7, 11) is -3.36. The highest BCUT2D eigenvalue weighted by molar-refractivity contribution is 7.89. The summed E-state index contributed by atoms with van der Waals surface area (Å²) in [6.07, 6.45) is 0. The fourth-order valence-corrected chi connectivity index (χ4v) is 2.64. The molecule has 4 nitrogen and oxygen atoms in total. The maximum atomic E-state index is 11.8. The average Bonchev–Trinajstić information content (AvgIpc) is 2.35. The van der Waals surface area contributed by atoms with Gasteiger partial charge in [0.05, 0.1) is 4.90 Å². The predicted octanol–water partition coefficient (Wildman–Crippen LogP) is 3.08. The largest absolute Gasteiger partial charge is 0.385 e. The highest BCUT2D eigenvalue weighted by Crippen LogP contribution is 2.25. The summed E-state index contributed by atoms with van der Waals surface area (Å²) in [4.78, 5) is 0.300. The number of rotatable bonds is 6. The van der Waals surface area contributed by atoms with Gasteiger partial charge in [0.25, 0.3) is 0 Å². The van der Waals surface area contributed by atoms with Crippen molar-refractivity contribution in [2.24, 2.45) is 11.3 Å². The molecule has 0 amide bonds. The molecule has 0 saturated heterocycles. The van der Waals surface area contributed by atoms with Crippen molar-refractivity contribution in [3.8, 4) is 0 Å². The first-order chi connectivity index (χ1) is 9.16. The van der Waals surface area contributed by atoms with Crippen LogP contribution in [-0.2, 0) is 10.0 Å². The predicted molar refractivity (Wildman–Crippen MR) is 84.4 cm³/mol. The number of nitrogens with one attached hydrogen (secondary N) is 2. The van der Waals surface area contributed by atoms with Gasteiger partial charge >= 0.3 is 0 Å². The molecule has 20 heavy (non-hydrogen) atoms. The molecule has 0 heterocycles. The highest BCUT2D eigenvalue weighted by atomic mass is 32.2. The number of anilines is 1. The molecule has 0 radical (unpaired) electrons. The molecule has 114 valence electrons. The van der Waals surface area contributed by atoms with Gasteiger partial charge in [0, 0.05) is 18.8 Å². The summed E-state index contributed by atoms with van der Waals surface area (Å²) in [5.74, 6) is 0.521. The lowest BCUT2D eigenvalue weighted by molar-refractivity contribution is 0.274. The van der Waals surface area contributed by atoms with Crippen LogP contribution in [-0.4, -0.2) is 21.5 Å². The van der Waals surface area contributed by atoms with Gasteiger partial charge in [0.1, 0.15) is 0 Å². The summed E-state index contributed by atoms with van der Waals surface area (Å²) in [5.41, 5.74) is 1.19. The van der Waals surface area contributed by atoms with Gasteiger partial charge in [-0.25, -0.2) is 13.1 Å². The van der Waals surface area contributed by atoms with Crippen LogP contribution in [0.3, 0.4) is 0 Å². The van der Waals surface area contributed by atoms with E-state index < -0.39 is 10.0 Å². The summed E-state index contributed by atoms with van der Waals surface area (Å²) < 4.78 is 26.1. The van der Waals surface area contributed by atoms with Crippen molar-refractivity contribution in [2.45, 2.75) is 39.5 Å². The lowest BCUT2D eigenvalue weighted by atomic mass is 9.82. The molecule has 0 bridgehead atoms. The van der Waals surface area contributed by atoms with Crippen molar-refractivity contribution in [2.75, 3.05) is 18.4 Å². The molecule has 1 unspecified atom stereocenters. The molecule has 0 aromatic heterocycles. The summed E-state index contributed by atoms with van der Waals surface area (Å²) >= 11 is 0. The zero-order chi connectivity index (χ0) is 15.4. The van der Waals surface area contributed by atoms with Crippen LogP contribution >= 0.6 is 0 Å². The molecule has 0 spiro atoms. The van der Waals surface area contributed by atoms with E-state index in [1.54, 1.807) is 31.2 Å². The molecule has 1 aromatic carbocycles. The van der Waals surface area contributed by atoms with Gasteiger partial charge in [0.2, 0.25) is 10.0 Å². The topological polar surface area (TPSA) is 58.2 Å². The maximum absolute atomic E-state index is 11.8. The first-order valence-electron chi connectivity index (χ1n) is 7.00. The van der Waals surface area contributed by atoms with Crippen LogP contribution in [0.15, 0.2) is 29.2 Å². The molecule has 5 heteroatoms. The van der Waals surface area contributed by atoms with Crippen LogP contribution in [0, 0.1) is 11.3 Å². The second-order valence-electron chi connectivity index (χ2n) is 6.17. The molecule has 2 N–H and O–H groups in total. The minimum atomic E-state index is -3.36. The Morgan fingerprint density at radius 2 is 1.70 bits per heavy atom. The Balaban J connectivity index is 2.69. The fourth-order valence-electron chi connectivity index (χ4n) is 1.60. The molecule has 0 aliphatic carbocycles. The van der Waals surface area contributed by atoms with Gasteiger partial charge in [-0.2, -0.15) is 0 Å². The third kappa shape index (κ3) is 4.80. The van der Waals surface area contributed by atoms with Crippen molar-refractivity contribution in [1.29, 1.82) is 0 Å². The van der Waals surface area contributed by atoms with E-state index in [-0.39, 0.29) is 5.41 Å². The van der Waals surface area contributed by atoms with Crippen LogP contribution < -0.4 is 10.0 Å². The molecule has 0 aliphatic heterocycles. The highest BCUT2D eigenvalue weighted by Gasteiger charge is 2.19. The van der Waals surface area contributed by atoms with Crippen LogP contribution in [0.4, 0.5) is 5.69 Å². The van der Waals surface area contributed by atoms with Gasteiger partial charge in [-0.1, -0.05) is 34.6 Å². The number of hydrogen-bond acceptors (Lipinski definition) is 3. The van der Waals surface area contributed by atoms with E-state index in [1.807, 2.05) is 0 Å². The van der Waals surface area contributed by atoms with E-state index in [0.29, 0.717) is 17.4 Å². The smallest absolute Gasteiger partial charge is 0.240 e. The second kappa shape index (κ2) is 6.59. The maximum Gasteiger partial charge on any atom is 0.240 e. The van der Waals surface area contributed by atoms with E-state index in [1.165, 1.54) is 0 Å². The van der Waals surface area contributed by atoms with Crippen LogP contribution in [0.5, 0.6) is 0 Å². The molecule has 0 saturated carbocycles. The first kappa shape index (κ1) is 17.0. The van der Waals surface area contributed by atoms with Gasteiger partial charge in [-0.15, -0.1) is 0 Å². The zero-order valence-electron chi connectivity index (χ0n) is 13.0. The minimum Gasteiger partial charge on any atom is -0.385 e. The summed E-state index contributed by atoms with van der Waals surface area (Å²) in [5, 5.41) is 3.35. The number of benzene rings is 1. The van der Waals surface area contributed by atoms with Crippen molar-refractivity contribution < 1.29 is 8.42 Å². The van der Waals surface area contributed by atoms with Gasteiger partial charge < -0.3 is 5.32 Å². The molecule has 0 fully saturated rings. The monoisotopic (exact) mass is 298 g/mol.